The molecule has 1 unspecified atom stereocenters. The number of nitrogens with one attached hydrogen (secondary N) is 2. The number of unbranched alkanes of at least 4 members (excludes halogenated alkanes) is 1. The number of carboxylic acids is 1. The summed E-state index contributed by atoms with van der Waals surface area (Å²) < 4.78 is 12.2. The number of fused-ring (bicyclic) bond motifs is 2. The van der Waals surface area contributed by atoms with Crippen molar-refractivity contribution in [3.8, 4) is 0 Å². The number of carbonyl (C=O) groups excluding carboxylic acids is 2. The average molecular weight is 475 g/mol. The van der Waals surface area contributed by atoms with Crippen LogP contribution in [-0.4, -0.2) is 45.9 Å². The van der Waals surface area contributed by atoms with E-state index in [0.717, 1.165) is 12.8 Å². The van der Waals surface area contributed by atoms with Gasteiger partial charge in [-0.05, 0) is 74.3 Å². The van der Waals surface area contributed by atoms with Crippen LogP contribution in [0.2, 0.25) is 0 Å². The van der Waals surface area contributed by atoms with Gasteiger partial charge in [0.05, 0.1) is 17.3 Å². The van der Waals surface area contributed by atoms with E-state index >= 15 is 0 Å². The molecule has 1 aromatic carbocycles. The van der Waals surface area contributed by atoms with Crippen molar-refractivity contribution in [2.24, 2.45) is 23.7 Å². The third-order valence-corrected chi connectivity index (χ3v) is 8.18. The Hall–Kier alpha value is -2.48. The fourth-order valence-corrected chi connectivity index (χ4v) is 6.22. The van der Waals surface area contributed by atoms with Gasteiger partial charge in [-0.15, -0.1) is 0 Å². The van der Waals surface area contributed by atoms with Crippen LogP contribution in [0.1, 0.15) is 44.9 Å². The van der Waals surface area contributed by atoms with E-state index < -0.39 is 22.7 Å². The molecular weight excluding hydrogens is 440 g/mol. The van der Waals surface area contributed by atoms with E-state index in [0.29, 0.717) is 41.5 Å². The summed E-state index contributed by atoms with van der Waals surface area (Å²) in [6.45, 7) is 0.503. The molecule has 0 radical (unpaired) electrons. The van der Waals surface area contributed by atoms with Crippen LogP contribution in [0.4, 0.5) is 0 Å². The Kier molecular flexibility index (Phi) is 9.66. The highest BCUT2D eigenvalue weighted by Gasteiger charge is 2.46. The molecule has 2 aliphatic carbocycles. The molecule has 0 heterocycles. The Morgan fingerprint density at radius 1 is 1.00 bits per heavy atom. The molecule has 8 heteroatoms. The third-order valence-electron chi connectivity index (χ3n) is 6.86. The molecule has 2 fully saturated rings. The highest BCUT2D eigenvalue weighted by atomic mass is 32.2. The largest absolute Gasteiger partial charge is 0.481 e. The summed E-state index contributed by atoms with van der Waals surface area (Å²) in [6, 6.07) is 8.80. The lowest BCUT2D eigenvalue weighted by Gasteiger charge is -2.30. The maximum atomic E-state index is 12.3. The monoisotopic (exact) mass is 474 g/mol. The maximum Gasteiger partial charge on any atom is 0.303 e. The molecule has 7 nitrogen and oxygen atoms in total. The van der Waals surface area contributed by atoms with Crippen LogP contribution in [0.25, 0.3) is 0 Å². The summed E-state index contributed by atoms with van der Waals surface area (Å²) in [4.78, 5) is 35.5. The fourth-order valence-electron chi connectivity index (χ4n) is 5.26. The van der Waals surface area contributed by atoms with Crippen molar-refractivity contribution in [1.82, 2.24) is 10.6 Å². The van der Waals surface area contributed by atoms with Crippen molar-refractivity contribution >= 4 is 28.6 Å². The van der Waals surface area contributed by atoms with Gasteiger partial charge in [0, 0.05) is 17.9 Å². The van der Waals surface area contributed by atoms with Crippen LogP contribution in [0.5, 0.6) is 0 Å². The van der Waals surface area contributed by atoms with E-state index in [2.05, 4.69) is 22.8 Å². The van der Waals surface area contributed by atoms with Crippen molar-refractivity contribution in [1.29, 1.82) is 0 Å². The van der Waals surface area contributed by atoms with Crippen LogP contribution in [0.15, 0.2) is 47.4 Å². The van der Waals surface area contributed by atoms with Gasteiger partial charge in [0.25, 0.3) is 0 Å². The van der Waals surface area contributed by atoms with Crippen LogP contribution in [0.3, 0.4) is 0 Å². The van der Waals surface area contributed by atoms with E-state index in [-0.39, 0.29) is 24.6 Å². The lowest BCUT2D eigenvalue weighted by molar-refractivity contribution is -0.137. The van der Waals surface area contributed by atoms with Gasteiger partial charge in [-0.25, -0.2) is 0 Å². The SMILES string of the molecule is O=C(O)CCC/C=C\C[C@@H]1[C@@H]2CC[C@@H](C2)[C@@H]1CNC(=O)CNC(=O)CS(=O)c1ccccc1. The van der Waals surface area contributed by atoms with Gasteiger partial charge >= 0.3 is 5.97 Å². The molecular formula is C25H34N2O5S. The summed E-state index contributed by atoms with van der Waals surface area (Å²) in [5, 5.41) is 14.3. The van der Waals surface area contributed by atoms with Crippen molar-refractivity contribution in [2.75, 3.05) is 18.8 Å². The second-order valence-corrected chi connectivity index (χ2v) is 10.5. The average Bonchev–Trinajstić information content (AvgIpc) is 3.41. The fraction of sp³-hybridized carbons (Fsp3) is 0.560. The lowest BCUT2D eigenvalue weighted by Crippen LogP contribution is -2.42. The minimum Gasteiger partial charge on any atom is -0.481 e. The first-order chi connectivity index (χ1) is 15.9. The summed E-state index contributed by atoms with van der Waals surface area (Å²) in [7, 11) is -1.43. The topological polar surface area (TPSA) is 113 Å². The second kappa shape index (κ2) is 12.7. The molecule has 2 bridgehead atoms. The van der Waals surface area contributed by atoms with Gasteiger partial charge < -0.3 is 15.7 Å². The molecule has 0 spiro atoms. The van der Waals surface area contributed by atoms with Gasteiger partial charge in [0.15, 0.2) is 0 Å². The van der Waals surface area contributed by atoms with Gasteiger partial charge in [-0.3, -0.25) is 18.6 Å². The highest BCUT2D eigenvalue weighted by molar-refractivity contribution is 7.85. The molecule has 180 valence electrons. The zero-order valence-electron chi connectivity index (χ0n) is 18.9. The second-order valence-electron chi connectivity index (χ2n) is 9.04. The Balaban J connectivity index is 1.37. The van der Waals surface area contributed by atoms with Crippen molar-refractivity contribution in [2.45, 2.75) is 49.8 Å². The van der Waals surface area contributed by atoms with Crippen LogP contribution < -0.4 is 10.6 Å². The molecule has 33 heavy (non-hydrogen) atoms. The lowest BCUT2D eigenvalue weighted by atomic mass is 9.77. The quantitative estimate of drug-likeness (QED) is 0.301. The number of hydrogen-bond donors (Lipinski definition) is 3. The van der Waals surface area contributed by atoms with Crippen LogP contribution in [0, 0.1) is 23.7 Å². The van der Waals surface area contributed by atoms with E-state index in [1.807, 2.05) is 6.07 Å². The molecule has 2 saturated carbocycles. The van der Waals surface area contributed by atoms with Crippen molar-refractivity contribution in [3.63, 3.8) is 0 Å². The van der Waals surface area contributed by atoms with Crippen LogP contribution >= 0.6 is 0 Å². The van der Waals surface area contributed by atoms with Gasteiger partial charge in [-0.1, -0.05) is 30.4 Å². The predicted molar refractivity (Wildman–Crippen MR) is 127 cm³/mol. The van der Waals surface area contributed by atoms with Crippen LogP contribution in [-0.2, 0) is 25.2 Å². The third kappa shape index (κ3) is 7.81. The number of aliphatic carboxylic acids is 1. The summed E-state index contributed by atoms with van der Waals surface area (Å²) in [6.07, 6.45) is 10.6. The molecule has 2 aliphatic rings. The highest BCUT2D eigenvalue weighted by Crippen LogP contribution is 2.53. The van der Waals surface area contributed by atoms with Gasteiger partial charge in [0.2, 0.25) is 11.8 Å². The molecule has 0 aromatic heterocycles. The molecule has 0 aliphatic heterocycles. The molecule has 5 atom stereocenters. The van der Waals surface area contributed by atoms with Crippen molar-refractivity contribution < 1.29 is 23.7 Å². The standard InChI is InChI=1S/C25H34N2O5S/c28-23(16-27-24(29)17-33(32)20-8-4-3-5-9-20)26-15-22-19-13-12-18(14-19)21(22)10-6-1-2-7-11-25(30)31/h1,3-6,8-9,18-19,21-22H,2,7,10-17H2,(H,26,28)(H,27,29)(H,30,31)/b6-1-/t18-,19+,21-,22+,33?/m1/s1. The maximum absolute atomic E-state index is 12.3. The Labute approximate surface area is 197 Å². The van der Waals surface area contributed by atoms with Crippen molar-refractivity contribution in [3.05, 3.63) is 42.5 Å². The zero-order chi connectivity index (χ0) is 23.6. The smallest absolute Gasteiger partial charge is 0.303 e. The molecule has 0 saturated heterocycles. The summed E-state index contributed by atoms with van der Waals surface area (Å²) >= 11 is 0. The molecule has 3 N–H and O–H groups in total. The van der Waals surface area contributed by atoms with E-state index in [1.54, 1.807) is 24.3 Å². The minimum atomic E-state index is -1.43. The number of allylic oxidation sites excluding steroid dienone is 2. The molecule has 3 rings (SSSR count). The summed E-state index contributed by atoms with van der Waals surface area (Å²) in [5.74, 6) is 0.785. The minimum absolute atomic E-state index is 0.111. The number of benzene rings is 1. The first-order valence-corrected chi connectivity index (χ1v) is 13.1. The van der Waals surface area contributed by atoms with Gasteiger partial charge in [0.1, 0.15) is 5.75 Å². The molecule has 1 aromatic rings. The first kappa shape index (κ1) is 25.1. The van der Waals surface area contributed by atoms with E-state index in [9.17, 15) is 18.6 Å². The van der Waals surface area contributed by atoms with E-state index in [1.165, 1.54) is 19.3 Å². The first-order valence-electron chi connectivity index (χ1n) is 11.8. The predicted octanol–water partition coefficient (Wildman–Crippen LogP) is 2.89. The zero-order valence-corrected chi connectivity index (χ0v) is 19.7. The molecule has 2 amide bonds. The Morgan fingerprint density at radius 3 is 2.45 bits per heavy atom. The Morgan fingerprint density at radius 2 is 1.73 bits per heavy atom. The number of amides is 2. The summed E-state index contributed by atoms with van der Waals surface area (Å²) in [5.41, 5.74) is 0. The van der Waals surface area contributed by atoms with Gasteiger partial charge in [-0.2, -0.15) is 0 Å². The number of hydrogen-bond acceptors (Lipinski definition) is 4. The normalized spacial score (nSPS) is 24.6. The number of carbonyl (C=O) groups is 3. The number of rotatable bonds is 13. The number of carboxylic acid groups (broad SMARTS) is 1. The Bertz CT molecular complexity index is 873. The van der Waals surface area contributed by atoms with E-state index in [4.69, 9.17) is 5.11 Å².